The van der Waals surface area contributed by atoms with Crippen molar-refractivity contribution in [1.29, 1.82) is 0 Å². The first kappa shape index (κ1) is 16.3. The molecule has 1 amide bonds. The van der Waals surface area contributed by atoms with Crippen molar-refractivity contribution < 1.29 is 35.5 Å². The predicted octanol–water partition coefficient (Wildman–Crippen LogP) is 3.34. The van der Waals surface area contributed by atoms with E-state index in [1.165, 1.54) is 5.32 Å². The third-order valence-corrected chi connectivity index (χ3v) is 2.41. The fourth-order valence-corrected chi connectivity index (χ4v) is 1.34. The summed E-state index contributed by atoms with van der Waals surface area (Å²) in [4.78, 5) is 10.9. The summed E-state index contributed by atoms with van der Waals surface area (Å²) in [5.41, 5.74) is -0.545. The summed E-state index contributed by atoms with van der Waals surface area (Å²) >= 11 is 0. The number of carbonyl (C=O) groups is 1. The molecule has 0 aliphatic heterocycles. The van der Waals surface area contributed by atoms with Crippen LogP contribution in [0.15, 0.2) is 18.2 Å². The molecule has 1 rings (SSSR count). The van der Waals surface area contributed by atoms with Gasteiger partial charge in [0.2, 0.25) is 0 Å². The number of carbonyl (C=O) groups excluding carboxylic acids is 1. The Morgan fingerprint density at radius 3 is 2.20 bits per heavy atom. The van der Waals surface area contributed by atoms with E-state index in [-0.39, 0.29) is 0 Å². The number of alkyl halides is 5. The molecule has 0 aromatic heterocycles. The normalized spacial score (nSPS) is 14.0. The Morgan fingerprint density at radius 1 is 1.15 bits per heavy atom. The van der Waals surface area contributed by atoms with Crippen LogP contribution >= 0.6 is 0 Å². The number of amides is 1. The fraction of sp³-hybridized carbons (Fsp3) is 0.364. The van der Waals surface area contributed by atoms with Gasteiger partial charge < -0.3 is 5.32 Å². The number of benzene rings is 1. The largest absolute Gasteiger partial charge is 0.463 e. The van der Waals surface area contributed by atoms with Crippen LogP contribution in [-0.4, -0.2) is 18.0 Å². The molecule has 20 heavy (non-hydrogen) atoms. The summed E-state index contributed by atoms with van der Waals surface area (Å²) in [6, 6.07) is 0.422. The van der Waals surface area contributed by atoms with Crippen LogP contribution in [0.1, 0.15) is 18.5 Å². The first-order valence-electron chi connectivity index (χ1n) is 5.17. The van der Waals surface area contributed by atoms with Gasteiger partial charge in [0.15, 0.2) is 0 Å². The molecule has 0 aliphatic carbocycles. The molecular weight excluding hydrogens is 295 g/mol. The van der Waals surface area contributed by atoms with Crippen LogP contribution in [0, 0.1) is 11.6 Å². The monoisotopic (exact) mass is 303 g/mol. The number of nitrogens with one attached hydrogen (secondary N) is 1. The van der Waals surface area contributed by atoms with Gasteiger partial charge in [-0.15, -0.1) is 0 Å². The molecule has 0 saturated heterocycles. The summed E-state index contributed by atoms with van der Waals surface area (Å²) in [5.74, 6) is -10.2. The third kappa shape index (κ3) is 3.20. The molecule has 0 bridgehead atoms. The standard InChI is InChI=1S/C11H8F7NO/c1-5(7-4-6(12)2-3-8(7)13)19-9(20)10(14,15)11(16,17)18/h2-5H,1H3,(H,19,20). The minimum Gasteiger partial charge on any atom is -0.344 e. The maximum Gasteiger partial charge on any atom is 0.463 e. The Bertz CT molecular complexity index is 512. The molecule has 1 atom stereocenters. The fourth-order valence-electron chi connectivity index (χ4n) is 1.34. The van der Waals surface area contributed by atoms with E-state index >= 15 is 0 Å². The number of hydrogen-bond acceptors (Lipinski definition) is 1. The molecular formula is C11H8F7NO. The first-order valence-corrected chi connectivity index (χ1v) is 5.17. The van der Waals surface area contributed by atoms with Crippen LogP contribution < -0.4 is 5.32 Å². The highest BCUT2D eigenvalue weighted by Gasteiger charge is 2.63. The summed E-state index contributed by atoms with van der Waals surface area (Å²) in [5, 5.41) is 1.30. The highest BCUT2D eigenvalue weighted by molar-refractivity contribution is 5.84. The summed E-state index contributed by atoms with van der Waals surface area (Å²) in [6.07, 6.45) is -6.07. The Hall–Kier alpha value is -1.80. The lowest BCUT2D eigenvalue weighted by atomic mass is 10.1. The van der Waals surface area contributed by atoms with Gasteiger partial charge in [-0.2, -0.15) is 22.0 Å². The topological polar surface area (TPSA) is 29.1 Å². The molecule has 0 saturated carbocycles. The number of hydrogen-bond donors (Lipinski definition) is 1. The van der Waals surface area contributed by atoms with Crippen LogP contribution in [-0.2, 0) is 4.79 Å². The van der Waals surface area contributed by atoms with E-state index in [1.807, 2.05) is 0 Å². The predicted molar refractivity (Wildman–Crippen MR) is 53.9 cm³/mol. The lowest BCUT2D eigenvalue weighted by Crippen LogP contribution is -2.50. The van der Waals surface area contributed by atoms with Gasteiger partial charge in [-0.3, -0.25) is 4.79 Å². The van der Waals surface area contributed by atoms with Crippen molar-refractivity contribution in [2.45, 2.75) is 25.1 Å². The summed E-state index contributed by atoms with van der Waals surface area (Å²) < 4.78 is 87.3. The smallest absolute Gasteiger partial charge is 0.344 e. The molecule has 112 valence electrons. The van der Waals surface area contributed by atoms with Gasteiger partial charge in [0.05, 0.1) is 6.04 Å². The van der Waals surface area contributed by atoms with Gasteiger partial charge in [-0.1, -0.05) is 0 Å². The summed E-state index contributed by atoms with van der Waals surface area (Å²) in [7, 11) is 0. The van der Waals surface area contributed by atoms with Crippen LogP contribution in [0.2, 0.25) is 0 Å². The molecule has 1 aromatic rings. The maximum atomic E-state index is 13.3. The van der Waals surface area contributed by atoms with Gasteiger partial charge in [-0.25, -0.2) is 8.78 Å². The highest BCUT2D eigenvalue weighted by Crippen LogP contribution is 2.36. The minimum atomic E-state index is -6.07. The van der Waals surface area contributed by atoms with E-state index in [0.717, 1.165) is 13.0 Å². The van der Waals surface area contributed by atoms with Crippen LogP contribution in [0.5, 0.6) is 0 Å². The zero-order valence-corrected chi connectivity index (χ0v) is 9.86. The van der Waals surface area contributed by atoms with E-state index in [9.17, 15) is 35.5 Å². The lowest BCUT2D eigenvalue weighted by molar-refractivity contribution is -0.270. The maximum absolute atomic E-state index is 13.3. The van der Waals surface area contributed by atoms with Crippen LogP contribution in [0.3, 0.4) is 0 Å². The molecule has 1 unspecified atom stereocenters. The molecule has 1 N–H and O–H groups in total. The van der Waals surface area contributed by atoms with Crippen molar-refractivity contribution in [3.63, 3.8) is 0 Å². The molecule has 0 heterocycles. The van der Waals surface area contributed by atoms with Gasteiger partial charge in [0, 0.05) is 5.56 Å². The number of rotatable bonds is 3. The molecule has 0 fully saturated rings. The molecule has 0 radical (unpaired) electrons. The van der Waals surface area contributed by atoms with Crippen LogP contribution in [0.25, 0.3) is 0 Å². The van der Waals surface area contributed by atoms with Gasteiger partial charge in [0.25, 0.3) is 0 Å². The first-order chi connectivity index (χ1) is 8.96. The second-order valence-electron chi connectivity index (χ2n) is 3.93. The number of halogens is 7. The van der Waals surface area contributed by atoms with E-state index in [4.69, 9.17) is 0 Å². The van der Waals surface area contributed by atoms with Crippen molar-refractivity contribution in [3.8, 4) is 0 Å². The quantitative estimate of drug-likeness (QED) is 0.853. The Morgan fingerprint density at radius 2 is 1.70 bits per heavy atom. The van der Waals surface area contributed by atoms with Gasteiger partial charge >= 0.3 is 18.0 Å². The van der Waals surface area contributed by atoms with E-state index in [1.54, 1.807) is 0 Å². The van der Waals surface area contributed by atoms with Crippen LogP contribution in [0.4, 0.5) is 30.7 Å². The Kier molecular flexibility index (Phi) is 4.30. The second kappa shape index (κ2) is 5.29. The second-order valence-corrected chi connectivity index (χ2v) is 3.93. The van der Waals surface area contributed by atoms with Crippen molar-refractivity contribution in [3.05, 3.63) is 35.4 Å². The molecule has 2 nitrogen and oxygen atoms in total. The van der Waals surface area contributed by atoms with Crippen molar-refractivity contribution in [2.75, 3.05) is 0 Å². The van der Waals surface area contributed by atoms with E-state index in [0.29, 0.717) is 12.1 Å². The van der Waals surface area contributed by atoms with Crippen molar-refractivity contribution in [2.24, 2.45) is 0 Å². The molecule has 1 aromatic carbocycles. The zero-order valence-electron chi connectivity index (χ0n) is 9.86. The average Bonchev–Trinajstić information content (AvgIpc) is 2.30. The van der Waals surface area contributed by atoms with Crippen molar-refractivity contribution in [1.82, 2.24) is 5.32 Å². The molecule has 0 aliphatic rings. The highest BCUT2D eigenvalue weighted by atomic mass is 19.4. The van der Waals surface area contributed by atoms with E-state index in [2.05, 4.69) is 0 Å². The lowest BCUT2D eigenvalue weighted by Gasteiger charge is -2.22. The van der Waals surface area contributed by atoms with Crippen molar-refractivity contribution >= 4 is 5.91 Å². The molecule has 9 heteroatoms. The average molecular weight is 303 g/mol. The van der Waals surface area contributed by atoms with Gasteiger partial charge in [-0.05, 0) is 25.1 Å². The Labute approximate surface area is 108 Å². The summed E-state index contributed by atoms with van der Waals surface area (Å²) in [6.45, 7) is 0.947. The SMILES string of the molecule is CC(NC(=O)C(F)(F)C(F)(F)F)c1cc(F)ccc1F. The van der Waals surface area contributed by atoms with E-state index < -0.39 is 41.2 Å². The zero-order chi connectivity index (χ0) is 15.7. The van der Waals surface area contributed by atoms with Gasteiger partial charge in [0.1, 0.15) is 11.6 Å². The molecule has 0 spiro atoms. The Balaban J connectivity index is 2.94. The minimum absolute atomic E-state index is 0.545. The third-order valence-electron chi connectivity index (χ3n) is 2.41.